The summed E-state index contributed by atoms with van der Waals surface area (Å²) >= 11 is 1.41. The summed E-state index contributed by atoms with van der Waals surface area (Å²) in [7, 11) is 0. The topological polar surface area (TPSA) is 29.1 Å². The van der Waals surface area contributed by atoms with Crippen LogP contribution in [0, 0.1) is 0 Å². The average Bonchev–Trinajstić information content (AvgIpc) is 2.14. The molecule has 0 saturated carbocycles. The van der Waals surface area contributed by atoms with Crippen molar-refractivity contribution in [3.8, 4) is 0 Å². The lowest BCUT2D eigenvalue weighted by molar-refractivity contribution is -0.106. The Morgan fingerprint density at radius 2 is 2.71 bits per heavy atom. The minimum absolute atomic E-state index is 0.0417. The van der Waals surface area contributed by atoms with Crippen molar-refractivity contribution >= 4 is 18.2 Å². The molecule has 1 heterocycles. The summed E-state index contributed by atoms with van der Waals surface area (Å²) < 4.78 is 2.83. The molecular formula is C4H5NOS. The van der Waals surface area contributed by atoms with E-state index in [0.717, 1.165) is 6.29 Å². The van der Waals surface area contributed by atoms with E-state index < -0.39 is 0 Å². The Morgan fingerprint density at radius 3 is 3.00 bits per heavy atom. The van der Waals surface area contributed by atoms with Gasteiger partial charge in [0.25, 0.3) is 0 Å². The van der Waals surface area contributed by atoms with Crippen molar-refractivity contribution in [3.63, 3.8) is 0 Å². The largest absolute Gasteiger partial charge is 0.336 e. The van der Waals surface area contributed by atoms with Gasteiger partial charge in [-0.1, -0.05) is 0 Å². The summed E-state index contributed by atoms with van der Waals surface area (Å²) in [5.41, 5.74) is 0. The fourth-order valence-electron chi connectivity index (χ4n) is 0.364. The molecule has 3 heteroatoms. The number of carbonyl (C=O) groups excluding carboxylic acids is 1. The second kappa shape index (κ2) is 2.02. The van der Waals surface area contributed by atoms with Gasteiger partial charge in [0.1, 0.15) is 6.29 Å². The van der Waals surface area contributed by atoms with Crippen LogP contribution in [-0.2, 0) is 4.79 Å². The van der Waals surface area contributed by atoms with Crippen LogP contribution in [0.2, 0.25) is 0 Å². The van der Waals surface area contributed by atoms with Crippen LogP contribution in [0.25, 0.3) is 0 Å². The molecule has 0 amide bonds. The molecule has 38 valence electrons. The maximum absolute atomic E-state index is 9.90. The lowest BCUT2D eigenvalue weighted by Gasteiger charge is -1.89. The van der Waals surface area contributed by atoms with Crippen molar-refractivity contribution in [1.29, 1.82) is 0 Å². The number of nitrogens with one attached hydrogen (secondary N) is 1. The summed E-state index contributed by atoms with van der Waals surface area (Å²) in [6.45, 7) is 0. The first-order chi connectivity index (χ1) is 3.43. The van der Waals surface area contributed by atoms with E-state index in [1.54, 1.807) is 6.20 Å². The van der Waals surface area contributed by atoms with Crippen molar-refractivity contribution in [2.45, 2.75) is 5.25 Å². The van der Waals surface area contributed by atoms with Gasteiger partial charge in [0.2, 0.25) is 0 Å². The fourth-order valence-corrected chi connectivity index (χ4v) is 0.891. The highest BCUT2D eigenvalue weighted by Gasteiger charge is 2.05. The molecule has 0 aromatic heterocycles. The van der Waals surface area contributed by atoms with E-state index in [1.807, 2.05) is 6.08 Å². The van der Waals surface area contributed by atoms with E-state index in [9.17, 15) is 4.79 Å². The van der Waals surface area contributed by atoms with Gasteiger partial charge in [-0.15, -0.1) is 0 Å². The second-order valence-electron chi connectivity index (χ2n) is 1.20. The number of carbonyl (C=O) groups is 1. The molecule has 0 fully saturated rings. The van der Waals surface area contributed by atoms with E-state index in [1.165, 1.54) is 11.9 Å². The Morgan fingerprint density at radius 1 is 1.86 bits per heavy atom. The highest BCUT2D eigenvalue weighted by Crippen LogP contribution is 2.10. The van der Waals surface area contributed by atoms with Gasteiger partial charge >= 0.3 is 0 Å². The highest BCUT2D eigenvalue weighted by molar-refractivity contribution is 7.99. The summed E-state index contributed by atoms with van der Waals surface area (Å²) in [6.07, 6.45) is 4.49. The summed E-state index contributed by atoms with van der Waals surface area (Å²) in [6, 6.07) is 0. The van der Waals surface area contributed by atoms with Crippen LogP contribution in [-0.4, -0.2) is 11.5 Å². The molecule has 0 spiro atoms. The molecule has 1 N–H and O–H groups in total. The SMILES string of the molecule is O=CC1C=CNS1. The predicted molar refractivity (Wildman–Crippen MR) is 29.7 cm³/mol. The first-order valence-corrected chi connectivity index (χ1v) is 2.84. The molecule has 0 aromatic carbocycles. The molecule has 1 unspecified atom stereocenters. The highest BCUT2D eigenvalue weighted by atomic mass is 32.2. The Hall–Kier alpha value is -0.440. The van der Waals surface area contributed by atoms with Gasteiger partial charge in [0.15, 0.2) is 0 Å². The first-order valence-electron chi connectivity index (χ1n) is 1.96. The molecule has 1 aliphatic heterocycles. The first kappa shape index (κ1) is 4.71. The maximum Gasteiger partial charge on any atom is 0.138 e. The van der Waals surface area contributed by atoms with E-state index in [-0.39, 0.29) is 5.25 Å². The smallest absolute Gasteiger partial charge is 0.138 e. The Bertz CT molecular complexity index is 102. The normalized spacial score (nSPS) is 27.1. The maximum atomic E-state index is 9.90. The van der Waals surface area contributed by atoms with Crippen LogP contribution in [0.1, 0.15) is 0 Å². The lowest BCUT2D eigenvalue weighted by atomic mass is 10.4. The van der Waals surface area contributed by atoms with Gasteiger partial charge in [0, 0.05) is 6.20 Å². The van der Waals surface area contributed by atoms with E-state index in [4.69, 9.17) is 0 Å². The van der Waals surface area contributed by atoms with Gasteiger partial charge < -0.3 is 9.52 Å². The molecule has 1 aliphatic rings. The predicted octanol–water partition coefficient (Wildman–Crippen LogP) is 0.319. The third-order valence-electron chi connectivity index (χ3n) is 0.692. The Balaban J connectivity index is 2.42. The third kappa shape index (κ3) is 0.962. The van der Waals surface area contributed by atoms with Crippen LogP contribution < -0.4 is 4.72 Å². The Kier molecular flexibility index (Phi) is 1.36. The van der Waals surface area contributed by atoms with Crippen LogP contribution in [0.15, 0.2) is 12.3 Å². The number of hydrogen-bond acceptors (Lipinski definition) is 3. The van der Waals surface area contributed by atoms with Crippen LogP contribution in [0.4, 0.5) is 0 Å². The van der Waals surface area contributed by atoms with Crippen LogP contribution >= 0.6 is 11.9 Å². The van der Waals surface area contributed by atoms with E-state index >= 15 is 0 Å². The minimum atomic E-state index is 0.0417. The zero-order valence-electron chi connectivity index (χ0n) is 3.63. The van der Waals surface area contributed by atoms with E-state index in [0.29, 0.717) is 0 Å². The van der Waals surface area contributed by atoms with Crippen molar-refractivity contribution in [2.24, 2.45) is 0 Å². The summed E-state index contributed by atoms with van der Waals surface area (Å²) in [5.74, 6) is 0. The molecule has 0 bridgehead atoms. The molecule has 1 atom stereocenters. The number of rotatable bonds is 1. The van der Waals surface area contributed by atoms with E-state index in [2.05, 4.69) is 4.72 Å². The molecule has 0 radical (unpaired) electrons. The van der Waals surface area contributed by atoms with Gasteiger partial charge in [0.05, 0.1) is 5.25 Å². The third-order valence-corrected chi connectivity index (χ3v) is 1.50. The molecular weight excluding hydrogens is 110 g/mol. The van der Waals surface area contributed by atoms with Gasteiger partial charge in [-0.25, -0.2) is 0 Å². The number of aldehydes is 1. The molecule has 0 aliphatic carbocycles. The van der Waals surface area contributed by atoms with Crippen LogP contribution in [0.3, 0.4) is 0 Å². The lowest BCUT2D eigenvalue weighted by Crippen LogP contribution is -1.96. The molecule has 1 rings (SSSR count). The summed E-state index contributed by atoms with van der Waals surface area (Å²) in [4.78, 5) is 9.90. The molecule has 2 nitrogen and oxygen atoms in total. The van der Waals surface area contributed by atoms with Crippen molar-refractivity contribution in [2.75, 3.05) is 0 Å². The molecule has 0 saturated heterocycles. The van der Waals surface area contributed by atoms with Crippen molar-refractivity contribution in [3.05, 3.63) is 12.3 Å². The van der Waals surface area contributed by atoms with Crippen molar-refractivity contribution < 1.29 is 4.79 Å². The minimum Gasteiger partial charge on any atom is -0.336 e. The standard InChI is InChI=1S/C4H5NOS/c6-3-4-1-2-5-7-4/h1-5H. The second-order valence-corrected chi connectivity index (χ2v) is 2.21. The van der Waals surface area contributed by atoms with Gasteiger partial charge in [-0.2, -0.15) is 0 Å². The fraction of sp³-hybridized carbons (Fsp3) is 0.250. The number of hydrogen-bond donors (Lipinski definition) is 1. The van der Waals surface area contributed by atoms with Crippen molar-refractivity contribution in [1.82, 2.24) is 4.72 Å². The quantitative estimate of drug-likeness (QED) is 0.394. The van der Waals surface area contributed by atoms with Gasteiger partial charge in [-0.3, -0.25) is 0 Å². The molecule has 7 heavy (non-hydrogen) atoms. The zero-order valence-corrected chi connectivity index (χ0v) is 4.44. The van der Waals surface area contributed by atoms with Crippen LogP contribution in [0.5, 0.6) is 0 Å². The zero-order chi connectivity index (χ0) is 5.11. The average molecular weight is 115 g/mol. The monoisotopic (exact) mass is 115 g/mol. The van der Waals surface area contributed by atoms with Gasteiger partial charge in [-0.05, 0) is 18.0 Å². The summed E-state index contributed by atoms with van der Waals surface area (Å²) in [5, 5.41) is 0.0417. The molecule has 0 aromatic rings. The Labute approximate surface area is 46.1 Å².